The van der Waals surface area contributed by atoms with Gasteiger partial charge >= 0.3 is 5.97 Å². The molecule has 0 aliphatic carbocycles. The molecular weight excluding hydrogens is 476 g/mol. The van der Waals surface area contributed by atoms with Gasteiger partial charge in [-0.3, -0.25) is 14.4 Å². The number of aliphatic hydroxyl groups is 1. The number of cyclic esters (lactones) is 1. The molecule has 1 unspecified atom stereocenters. The van der Waals surface area contributed by atoms with Crippen molar-refractivity contribution in [3.05, 3.63) is 53.1 Å². The molecule has 9 heteroatoms. The van der Waals surface area contributed by atoms with Gasteiger partial charge in [0.15, 0.2) is 0 Å². The van der Waals surface area contributed by atoms with Crippen LogP contribution in [0.3, 0.4) is 0 Å². The van der Waals surface area contributed by atoms with Crippen molar-refractivity contribution in [2.24, 2.45) is 11.8 Å². The molecule has 4 aliphatic rings. The van der Waals surface area contributed by atoms with E-state index in [1.807, 2.05) is 50.3 Å². The minimum absolute atomic E-state index is 0.00551. The van der Waals surface area contributed by atoms with Crippen LogP contribution < -0.4 is 4.90 Å². The number of carbonyl (C=O) groups excluding carboxylic acids is 3. The molecule has 2 saturated heterocycles. The van der Waals surface area contributed by atoms with Gasteiger partial charge in [-0.1, -0.05) is 48.0 Å². The highest BCUT2D eigenvalue weighted by Gasteiger charge is 2.73. The number of β-amino-alcohol motifs (C(OH)–C–C–N with tert-alkyl or cyclic N) is 1. The number of thioether (sulfide) groups is 1. The summed E-state index contributed by atoms with van der Waals surface area (Å²) in [7, 11) is 0. The van der Waals surface area contributed by atoms with E-state index < -0.39 is 33.3 Å². The van der Waals surface area contributed by atoms with E-state index in [0.29, 0.717) is 17.1 Å². The van der Waals surface area contributed by atoms with E-state index in [1.54, 1.807) is 11.0 Å². The first-order chi connectivity index (χ1) is 16.2. The monoisotopic (exact) mass is 502 g/mol. The molecule has 4 heterocycles. The molecule has 1 spiro atoms. The molecule has 0 bridgehead atoms. The number of para-hydroxylation sites is 1. The summed E-state index contributed by atoms with van der Waals surface area (Å²) in [4.78, 5) is 44.3. The first-order valence-corrected chi connectivity index (χ1v) is 12.6. The largest absolute Gasteiger partial charge is 0.465 e. The minimum Gasteiger partial charge on any atom is -0.465 e. The quantitative estimate of drug-likeness (QED) is 0.505. The van der Waals surface area contributed by atoms with Crippen molar-refractivity contribution in [3.8, 4) is 0 Å². The second-order valence-corrected chi connectivity index (χ2v) is 11.6. The molecule has 4 aliphatic heterocycles. The van der Waals surface area contributed by atoms with E-state index in [9.17, 15) is 19.5 Å². The molecule has 0 radical (unpaired) electrons. The molecule has 0 aromatic heterocycles. The highest BCUT2D eigenvalue weighted by atomic mass is 35.5. The fraction of sp³-hybridized carbons (Fsp3) is 0.480. The Kier molecular flexibility index (Phi) is 5.81. The zero-order valence-corrected chi connectivity index (χ0v) is 20.6. The SMILES string of the molecule is Cc1cccc(Cl)c1N1CC=C[C@]23S[C@@]4(C)C=CCCOC(=O)[C@H]4[C@H]2C(=O)N(CCO)C3C1=O. The summed E-state index contributed by atoms with van der Waals surface area (Å²) < 4.78 is 3.83. The van der Waals surface area contributed by atoms with Crippen LogP contribution in [0.15, 0.2) is 42.5 Å². The van der Waals surface area contributed by atoms with Gasteiger partial charge in [0.25, 0.3) is 5.91 Å². The number of fused-ring (bicyclic) bond motifs is 2. The lowest BCUT2D eigenvalue weighted by Gasteiger charge is -2.37. The Morgan fingerprint density at radius 1 is 1.18 bits per heavy atom. The van der Waals surface area contributed by atoms with Crippen LogP contribution in [0.1, 0.15) is 18.9 Å². The number of ether oxygens (including phenoxy) is 1. The van der Waals surface area contributed by atoms with Crippen LogP contribution in [0.5, 0.6) is 0 Å². The lowest BCUT2D eigenvalue weighted by atomic mass is 9.74. The number of anilines is 1. The third-order valence-electron chi connectivity index (χ3n) is 7.32. The van der Waals surface area contributed by atoms with E-state index >= 15 is 0 Å². The van der Waals surface area contributed by atoms with E-state index in [-0.39, 0.29) is 38.1 Å². The summed E-state index contributed by atoms with van der Waals surface area (Å²) >= 11 is 8.01. The number of rotatable bonds is 3. The predicted octanol–water partition coefficient (Wildman–Crippen LogP) is 2.73. The number of hydrogen-bond acceptors (Lipinski definition) is 6. The van der Waals surface area contributed by atoms with E-state index in [2.05, 4.69) is 0 Å². The first kappa shape index (κ1) is 23.5. The number of esters is 1. The molecule has 2 amide bonds. The highest BCUT2D eigenvalue weighted by Crippen LogP contribution is 2.65. The van der Waals surface area contributed by atoms with Gasteiger partial charge in [0, 0.05) is 17.8 Å². The lowest BCUT2D eigenvalue weighted by Crippen LogP contribution is -2.54. The predicted molar refractivity (Wildman–Crippen MR) is 131 cm³/mol. The topological polar surface area (TPSA) is 87.2 Å². The van der Waals surface area contributed by atoms with Crippen molar-refractivity contribution in [1.82, 2.24) is 4.90 Å². The lowest BCUT2D eigenvalue weighted by molar-refractivity contribution is -0.154. The number of carbonyl (C=O) groups is 3. The number of likely N-dealkylation sites (tertiary alicyclic amines) is 1. The van der Waals surface area contributed by atoms with Crippen molar-refractivity contribution in [3.63, 3.8) is 0 Å². The third-order valence-corrected chi connectivity index (χ3v) is 9.42. The molecule has 2 fully saturated rings. The first-order valence-electron chi connectivity index (χ1n) is 11.5. The van der Waals surface area contributed by atoms with Crippen LogP contribution >= 0.6 is 23.4 Å². The van der Waals surface area contributed by atoms with Crippen molar-refractivity contribution in [1.29, 1.82) is 0 Å². The molecule has 0 saturated carbocycles. The maximum atomic E-state index is 14.2. The summed E-state index contributed by atoms with van der Waals surface area (Å²) in [6.07, 6.45) is 8.42. The standard InChI is InChI=1S/C25H27ClN2O5S/c1-15-7-5-8-16(26)19(15)27-11-6-10-25-17(21(30)28(12-13-29)20(25)22(27)31)18-23(32)33-14-4-3-9-24(18,2)34-25/h3,5-10,17-18,20,29H,4,11-14H2,1-2H3/t17-,18+,20?,24-,25-/m0/s1. The van der Waals surface area contributed by atoms with Crippen LogP contribution in [0, 0.1) is 18.8 Å². The number of halogens is 1. The van der Waals surface area contributed by atoms with Gasteiger partial charge in [-0.05, 0) is 31.9 Å². The third kappa shape index (κ3) is 3.26. The Morgan fingerprint density at radius 3 is 2.71 bits per heavy atom. The van der Waals surface area contributed by atoms with Crippen LogP contribution in [-0.4, -0.2) is 69.6 Å². The minimum atomic E-state index is -0.972. The van der Waals surface area contributed by atoms with Gasteiger partial charge in [0.05, 0.1) is 40.5 Å². The summed E-state index contributed by atoms with van der Waals surface area (Å²) in [6.45, 7) is 4.10. The van der Waals surface area contributed by atoms with E-state index in [1.165, 1.54) is 16.7 Å². The summed E-state index contributed by atoms with van der Waals surface area (Å²) in [5.74, 6) is -2.50. The fourth-order valence-corrected chi connectivity index (χ4v) is 8.48. The van der Waals surface area contributed by atoms with Crippen LogP contribution in [0.2, 0.25) is 5.02 Å². The van der Waals surface area contributed by atoms with Crippen molar-refractivity contribution >= 4 is 46.8 Å². The number of amides is 2. The molecule has 5 rings (SSSR count). The summed E-state index contributed by atoms with van der Waals surface area (Å²) in [5, 5.41) is 10.2. The second kappa shape index (κ2) is 8.43. The molecule has 7 nitrogen and oxygen atoms in total. The maximum absolute atomic E-state index is 14.2. The van der Waals surface area contributed by atoms with E-state index in [0.717, 1.165) is 5.56 Å². The molecular formula is C25H27ClN2O5S. The van der Waals surface area contributed by atoms with E-state index in [4.69, 9.17) is 16.3 Å². The fourth-order valence-electron chi connectivity index (χ4n) is 6.00. The molecule has 34 heavy (non-hydrogen) atoms. The van der Waals surface area contributed by atoms with Gasteiger partial charge in [-0.2, -0.15) is 0 Å². The molecule has 1 N–H and O–H groups in total. The van der Waals surface area contributed by atoms with Crippen LogP contribution in [-0.2, 0) is 19.1 Å². The highest BCUT2D eigenvalue weighted by molar-refractivity contribution is 8.02. The zero-order valence-electron chi connectivity index (χ0n) is 19.1. The average Bonchev–Trinajstić information content (AvgIpc) is 3.09. The van der Waals surface area contributed by atoms with Crippen LogP contribution in [0.25, 0.3) is 0 Å². The molecule has 5 atom stereocenters. The molecule has 180 valence electrons. The van der Waals surface area contributed by atoms with Crippen molar-refractivity contribution in [2.75, 3.05) is 31.2 Å². The number of aryl methyl sites for hydroxylation is 1. The Morgan fingerprint density at radius 2 is 1.97 bits per heavy atom. The van der Waals surface area contributed by atoms with Crippen molar-refractivity contribution in [2.45, 2.75) is 35.8 Å². The molecule has 1 aromatic carbocycles. The summed E-state index contributed by atoms with van der Waals surface area (Å²) in [5.41, 5.74) is 1.45. The van der Waals surface area contributed by atoms with Crippen molar-refractivity contribution < 1.29 is 24.2 Å². The zero-order chi connectivity index (χ0) is 24.3. The Balaban J connectivity index is 1.67. The van der Waals surface area contributed by atoms with Gasteiger partial charge in [0.1, 0.15) is 6.04 Å². The average molecular weight is 503 g/mol. The smallest absolute Gasteiger partial charge is 0.311 e. The Hall–Kier alpha value is -2.29. The Bertz CT molecular complexity index is 1100. The maximum Gasteiger partial charge on any atom is 0.311 e. The number of hydrogen-bond donors (Lipinski definition) is 1. The van der Waals surface area contributed by atoms with Gasteiger partial charge in [-0.25, -0.2) is 0 Å². The van der Waals surface area contributed by atoms with Crippen LogP contribution in [0.4, 0.5) is 5.69 Å². The van der Waals surface area contributed by atoms with Gasteiger partial charge in [0.2, 0.25) is 5.91 Å². The van der Waals surface area contributed by atoms with Gasteiger partial charge < -0.3 is 19.6 Å². The number of nitrogens with zero attached hydrogens (tertiary/aromatic N) is 2. The Labute approximate surface area is 207 Å². The summed E-state index contributed by atoms with van der Waals surface area (Å²) in [6, 6.07) is 4.57. The number of benzene rings is 1. The normalized spacial score (nSPS) is 34.8. The second-order valence-electron chi connectivity index (χ2n) is 9.37. The van der Waals surface area contributed by atoms with Gasteiger partial charge in [-0.15, -0.1) is 11.8 Å². The number of aliphatic hydroxyl groups excluding tert-OH is 1. The molecule has 1 aromatic rings.